The van der Waals surface area contributed by atoms with Crippen LogP contribution in [0, 0.1) is 0 Å². The molecule has 1 unspecified atom stereocenters. The van der Waals surface area contributed by atoms with Gasteiger partial charge in [-0.25, -0.2) is 4.98 Å². The van der Waals surface area contributed by atoms with Crippen molar-refractivity contribution in [2.75, 3.05) is 39.3 Å². The summed E-state index contributed by atoms with van der Waals surface area (Å²) in [5.74, 6) is 0.999. The third-order valence-electron chi connectivity index (χ3n) is 6.83. The summed E-state index contributed by atoms with van der Waals surface area (Å²) in [6.45, 7) is 8.11. The van der Waals surface area contributed by atoms with Crippen molar-refractivity contribution in [2.24, 2.45) is 5.73 Å². The number of rotatable bonds is 12. The van der Waals surface area contributed by atoms with Crippen molar-refractivity contribution < 1.29 is 14.3 Å². The van der Waals surface area contributed by atoms with Gasteiger partial charge in [0.2, 0.25) is 5.91 Å². The van der Waals surface area contributed by atoms with Crippen molar-refractivity contribution in [1.82, 2.24) is 19.6 Å². The fourth-order valence-corrected chi connectivity index (χ4v) is 6.17. The molecule has 0 aliphatic carbocycles. The number of carbonyl (C=O) groups excluding carboxylic acids is 1. The Bertz CT molecular complexity index is 1420. The van der Waals surface area contributed by atoms with Crippen LogP contribution in [-0.2, 0) is 11.2 Å². The number of benzene rings is 1. The van der Waals surface area contributed by atoms with Gasteiger partial charge in [0, 0.05) is 42.8 Å². The van der Waals surface area contributed by atoms with E-state index < -0.39 is 5.91 Å². The van der Waals surface area contributed by atoms with Gasteiger partial charge in [-0.1, -0.05) is 29.8 Å². The number of amides is 1. The monoisotopic (exact) mass is 567 g/mol. The predicted molar refractivity (Wildman–Crippen MR) is 156 cm³/mol. The van der Waals surface area contributed by atoms with Crippen LogP contribution in [0.1, 0.15) is 36.3 Å². The highest BCUT2D eigenvalue weighted by molar-refractivity contribution is 7.15. The summed E-state index contributed by atoms with van der Waals surface area (Å²) >= 11 is 7.86. The van der Waals surface area contributed by atoms with Crippen LogP contribution in [0.3, 0.4) is 0 Å². The molecular formula is C29H34ClN5O3S. The Morgan fingerprint density at radius 2 is 2.03 bits per heavy atom. The number of hydrogen-bond acceptors (Lipinski definition) is 7. The summed E-state index contributed by atoms with van der Waals surface area (Å²) in [4.78, 5) is 20.6. The maximum absolute atomic E-state index is 11.8. The second kappa shape index (κ2) is 12.8. The number of imidazole rings is 1. The molecule has 0 radical (unpaired) electrons. The van der Waals surface area contributed by atoms with E-state index in [1.54, 1.807) is 0 Å². The minimum absolute atomic E-state index is 0.0915. The van der Waals surface area contributed by atoms with Gasteiger partial charge >= 0.3 is 0 Å². The van der Waals surface area contributed by atoms with Gasteiger partial charge in [-0.05, 0) is 44.5 Å². The molecule has 3 aromatic heterocycles. The summed E-state index contributed by atoms with van der Waals surface area (Å²) in [5.41, 5.74) is 8.14. The van der Waals surface area contributed by atoms with E-state index in [1.165, 1.54) is 11.3 Å². The normalized spacial score (nSPS) is 14.9. The number of piperazine rings is 1. The number of hydrogen-bond donors (Lipinski definition) is 2. The molecule has 1 saturated heterocycles. The topological polar surface area (TPSA) is 94.1 Å². The minimum atomic E-state index is -0.413. The number of halogens is 1. The zero-order chi connectivity index (χ0) is 27.2. The summed E-state index contributed by atoms with van der Waals surface area (Å²) in [6, 6.07) is 13.4. The first-order valence-electron chi connectivity index (χ1n) is 13.3. The molecule has 10 heteroatoms. The Kier molecular flexibility index (Phi) is 9.03. The van der Waals surface area contributed by atoms with Crippen LogP contribution in [0.5, 0.6) is 11.5 Å². The SMILES string of the molecule is CC(Oc1cc(-c2cnc3ccc(OCCCCN4CCNCC4)cn23)sc1CC(N)=O)c1ccccc1Cl. The highest BCUT2D eigenvalue weighted by Gasteiger charge is 2.20. The number of thiophene rings is 1. The Morgan fingerprint density at radius 1 is 1.21 bits per heavy atom. The van der Waals surface area contributed by atoms with Crippen LogP contribution >= 0.6 is 22.9 Å². The number of pyridine rings is 1. The summed E-state index contributed by atoms with van der Waals surface area (Å²) < 4.78 is 14.4. The number of unbranched alkanes of at least 4 members (excludes halogenated alkanes) is 1. The van der Waals surface area contributed by atoms with E-state index in [2.05, 4.69) is 15.2 Å². The van der Waals surface area contributed by atoms with E-state index in [9.17, 15) is 4.79 Å². The number of nitrogens with zero attached hydrogens (tertiary/aromatic N) is 3. The second-order valence-corrected chi connectivity index (χ2v) is 11.3. The first-order valence-corrected chi connectivity index (χ1v) is 14.5. The molecule has 1 atom stereocenters. The number of ether oxygens (including phenoxy) is 2. The average molecular weight is 568 g/mol. The Morgan fingerprint density at radius 3 is 2.82 bits per heavy atom. The van der Waals surface area contributed by atoms with Gasteiger partial charge in [0.1, 0.15) is 23.3 Å². The van der Waals surface area contributed by atoms with Crippen LogP contribution in [0.4, 0.5) is 0 Å². The number of carbonyl (C=O) groups is 1. The van der Waals surface area contributed by atoms with Crippen LogP contribution in [-0.4, -0.2) is 59.5 Å². The fraction of sp³-hybridized carbons (Fsp3) is 0.379. The lowest BCUT2D eigenvalue weighted by atomic mass is 10.1. The van der Waals surface area contributed by atoms with Gasteiger partial charge in [0.25, 0.3) is 0 Å². The van der Waals surface area contributed by atoms with E-state index in [4.69, 9.17) is 26.8 Å². The molecule has 1 aliphatic rings. The molecule has 39 heavy (non-hydrogen) atoms. The van der Waals surface area contributed by atoms with Gasteiger partial charge in [0.05, 0.1) is 40.9 Å². The van der Waals surface area contributed by atoms with Crippen molar-refractivity contribution in [3.8, 4) is 22.1 Å². The maximum atomic E-state index is 11.8. The minimum Gasteiger partial charge on any atom is -0.492 e. The standard InChI is InChI=1S/C29H34ClN5O3S/c1-20(22-6-2-3-7-23(22)30)38-25-16-26(39-27(25)17-28(31)36)24-18-33-29-9-8-21(19-35(24)29)37-15-5-4-12-34-13-10-32-11-14-34/h2-3,6-9,16,18-20,32H,4-5,10-15,17H2,1H3,(H2,31,36). The van der Waals surface area contributed by atoms with Gasteiger partial charge in [-0.3, -0.25) is 9.20 Å². The highest BCUT2D eigenvalue weighted by atomic mass is 35.5. The Hall–Kier alpha value is -3.11. The van der Waals surface area contributed by atoms with E-state index in [0.29, 0.717) is 17.4 Å². The van der Waals surface area contributed by atoms with Gasteiger partial charge in [-0.15, -0.1) is 11.3 Å². The van der Waals surface area contributed by atoms with Crippen LogP contribution in [0.15, 0.2) is 54.9 Å². The molecule has 206 valence electrons. The second-order valence-electron chi connectivity index (χ2n) is 9.71. The third kappa shape index (κ3) is 6.91. The lowest BCUT2D eigenvalue weighted by Gasteiger charge is -2.26. The highest BCUT2D eigenvalue weighted by Crippen LogP contribution is 2.39. The lowest BCUT2D eigenvalue weighted by Crippen LogP contribution is -2.43. The van der Waals surface area contributed by atoms with Crippen LogP contribution < -0.4 is 20.5 Å². The smallest absolute Gasteiger partial charge is 0.222 e. The van der Waals surface area contributed by atoms with Crippen molar-refractivity contribution in [2.45, 2.75) is 32.3 Å². The molecule has 4 aromatic rings. The average Bonchev–Trinajstić information content (AvgIpc) is 3.52. The maximum Gasteiger partial charge on any atom is 0.222 e. The molecule has 4 heterocycles. The zero-order valence-corrected chi connectivity index (χ0v) is 23.6. The molecule has 1 aromatic carbocycles. The van der Waals surface area contributed by atoms with Crippen LogP contribution in [0.25, 0.3) is 16.2 Å². The van der Waals surface area contributed by atoms with E-state index >= 15 is 0 Å². The first-order chi connectivity index (χ1) is 19.0. The van der Waals surface area contributed by atoms with Crippen molar-refractivity contribution in [3.63, 3.8) is 0 Å². The molecule has 1 aliphatic heterocycles. The quantitative estimate of drug-likeness (QED) is 0.235. The van der Waals surface area contributed by atoms with E-state index in [-0.39, 0.29) is 12.5 Å². The summed E-state index contributed by atoms with van der Waals surface area (Å²) in [5, 5.41) is 4.02. The number of aromatic nitrogens is 2. The number of primary amides is 1. The Balaban J connectivity index is 1.30. The van der Waals surface area contributed by atoms with E-state index in [1.807, 2.05) is 66.2 Å². The van der Waals surface area contributed by atoms with Crippen LogP contribution in [0.2, 0.25) is 5.02 Å². The largest absolute Gasteiger partial charge is 0.492 e. The van der Waals surface area contributed by atoms with Crippen molar-refractivity contribution >= 4 is 34.5 Å². The summed E-state index contributed by atoms with van der Waals surface area (Å²) in [6.07, 6.45) is 5.70. The molecule has 0 bridgehead atoms. The molecule has 0 spiro atoms. The fourth-order valence-electron chi connectivity index (χ4n) is 4.77. The molecule has 3 N–H and O–H groups in total. The number of nitrogens with two attached hydrogens (primary N) is 1. The molecule has 0 saturated carbocycles. The third-order valence-corrected chi connectivity index (χ3v) is 8.31. The van der Waals surface area contributed by atoms with Crippen molar-refractivity contribution in [1.29, 1.82) is 0 Å². The molecule has 5 rings (SSSR count). The van der Waals surface area contributed by atoms with E-state index in [0.717, 1.165) is 78.0 Å². The predicted octanol–water partition coefficient (Wildman–Crippen LogP) is 4.95. The Labute approximate surface area is 237 Å². The number of fused-ring (bicyclic) bond motifs is 1. The van der Waals surface area contributed by atoms with Gasteiger partial charge in [0.15, 0.2) is 0 Å². The number of nitrogens with one attached hydrogen (secondary N) is 1. The first kappa shape index (κ1) is 27.5. The van der Waals surface area contributed by atoms with Crippen molar-refractivity contribution in [3.05, 3.63) is 70.3 Å². The molecular weight excluding hydrogens is 534 g/mol. The zero-order valence-electron chi connectivity index (χ0n) is 22.1. The van der Waals surface area contributed by atoms with Gasteiger partial charge < -0.3 is 25.4 Å². The van der Waals surface area contributed by atoms with Gasteiger partial charge in [-0.2, -0.15) is 0 Å². The molecule has 8 nitrogen and oxygen atoms in total. The molecule has 1 amide bonds. The molecule has 1 fully saturated rings. The lowest BCUT2D eigenvalue weighted by molar-refractivity contribution is -0.117. The summed E-state index contributed by atoms with van der Waals surface area (Å²) in [7, 11) is 0.